The van der Waals surface area contributed by atoms with E-state index in [1.807, 2.05) is 30.3 Å². The van der Waals surface area contributed by atoms with E-state index in [0.29, 0.717) is 12.2 Å². The summed E-state index contributed by atoms with van der Waals surface area (Å²) in [6, 6.07) is 28.8. The van der Waals surface area contributed by atoms with Gasteiger partial charge in [-0.15, -0.1) is 0 Å². The lowest BCUT2D eigenvalue weighted by molar-refractivity contribution is 0.0333. The van der Waals surface area contributed by atoms with Crippen molar-refractivity contribution >= 4 is 0 Å². The van der Waals surface area contributed by atoms with Crippen molar-refractivity contribution < 1.29 is 9.47 Å². The Morgan fingerprint density at radius 1 is 0.938 bits per heavy atom. The molecule has 1 N–H and O–H groups in total. The van der Waals surface area contributed by atoms with Crippen LogP contribution in [-0.2, 0) is 17.9 Å². The highest BCUT2D eigenvalue weighted by atomic mass is 16.5. The molecular weight excluding hydrogens is 398 g/mol. The molecule has 0 aromatic heterocycles. The number of rotatable bonds is 9. The van der Waals surface area contributed by atoms with E-state index in [9.17, 15) is 0 Å². The second kappa shape index (κ2) is 11.4. The van der Waals surface area contributed by atoms with E-state index < -0.39 is 0 Å². The Hall–Kier alpha value is -3.17. The lowest BCUT2D eigenvalue weighted by Gasteiger charge is -2.31. The molecule has 164 valence electrons. The molecule has 1 saturated heterocycles. The quantitative estimate of drug-likeness (QED) is 0.552. The van der Waals surface area contributed by atoms with Gasteiger partial charge in [-0.05, 0) is 41.0 Å². The summed E-state index contributed by atoms with van der Waals surface area (Å²) in [6.07, 6.45) is 0. The fourth-order valence-corrected chi connectivity index (χ4v) is 3.90. The summed E-state index contributed by atoms with van der Waals surface area (Å²) in [5, 5.41) is 12.8. The molecule has 1 aliphatic heterocycles. The average molecular weight is 428 g/mol. The van der Waals surface area contributed by atoms with Gasteiger partial charge in [0.05, 0.1) is 24.8 Å². The molecule has 5 heteroatoms. The standard InChI is InChI=1S/C27H29N3O2/c28-18-22-6-4-8-24(16-22)21-32-26-11-5-7-23(17-26)19-29-27(25-9-2-1-3-10-25)20-30-12-14-31-15-13-30/h1-11,16-17,27,29H,12-15,19-21H2. The Kier molecular flexibility index (Phi) is 7.89. The normalized spacial score (nSPS) is 15.1. The van der Waals surface area contributed by atoms with Crippen LogP contribution in [0.1, 0.15) is 28.3 Å². The average Bonchev–Trinajstić information content (AvgIpc) is 2.87. The molecule has 3 aromatic carbocycles. The van der Waals surface area contributed by atoms with Gasteiger partial charge in [-0.25, -0.2) is 0 Å². The highest BCUT2D eigenvalue weighted by Gasteiger charge is 2.18. The lowest BCUT2D eigenvalue weighted by Crippen LogP contribution is -2.41. The Bertz CT molecular complexity index is 1030. The molecule has 4 rings (SSSR count). The van der Waals surface area contributed by atoms with Crippen molar-refractivity contribution in [1.82, 2.24) is 10.2 Å². The van der Waals surface area contributed by atoms with Gasteiger partial charge < -0.3 is 14.8 Å². The van der Waals surface area contributed by atoms with Crippen molar-refractivity contribution in [2.75, 3.05) is 32.8 Å². The van der Waals surface area contributed by atoms with Crippen molar-refractivity contribution in [2.24, 2.45) is 0 Å². The maximum absolute atomic E-state index is 9.07. The fourth-order valence-electron chi connectivity index (χ4n) is 3.90. The zero-order valence-electron chi connectivity index (χ0n) is 18.2. The van der Waals surface area contributed by atoms with Crippen LogP contribution >= 0.6 is 0 Å². The van der Waals surface area contributed by atoms with E-state index in [-0.39, 0.29) is 6.04 Å². The van der Waals surface area contributed by atoms with E-state index in [4.69, 9.17) is 14.7 Å². The van der Waals surface area contributed by atoms with E-state index in [0.717, 1.165) is 50.7 Å². The van der Waals surface area contributed by atoms with Gasteiger partial charge in [-0.1, -0.05) is 54.6 Å². The first-order chi connectivity index (χ1) is 15.8. The van der Waals surface area contributed by atoms with Gasteiger partial charge in [-0.2, -0.15) is 5.26 Å². The summed E-state index contributed by atoms with van der Waals surface area (Å²) in [4.78, 5) is 2.46. The molecule has 1 atom stereocenters. The Morgan fingerprint density at radius 3 is 2.53 bits per heavy atom. The van der Waals surface area contributed by atoms with Gasteiger partial charge in [0, 0.05) is 32.2 Å². The van der Waals surface area contributed by atoms with Crippen LogP contribution in [0.25, 0.3) is 0 Å². The molecule has 0 aliphatic carbocycles. The molecule has 1 unspecified atom stereocenters. The van der Waals surface area contributed by atoms with Gasteiger partial charge >= 0.3 is 0 Å². The Balaban J connectivity index is 1.38. The smallest absolute Gasteiger partial charge is 0.120 e. The van der Waals surface area contributed by atoms with Crippen LogP contribution in [0, 0.1) is 11.3 Å². The number of nitrogens with one attached hydrogen (secondary N) is 1. The zero-order valence-corrected chi connectivity index (χ0v) is 18.2. The highest BCUT2D eigenvalue weighted by molar-refractivity contribution is 5.33. The molecule has 0 bridgehead atoms. The van der Waals surface area contributed by atoms with Gasteiger partial charge in [0.1, 0.15) is 12.4 Å². The van der Waals surface area contributed by atoms with Crippen LogP contribution in [0.15, 0.2) is 78.9 Å². The van der Waals surface area contributed by atoms with Gasteiger partial charge in [-0.3, -0.25) is 4.90 Å². The third kappa shape index (κ3) is 6.41. The predicted octanol–water partition coefficient (Wildman–Crippen LogP) is 4.30. The largest absolute Gasteiger partial charge is 0.489 e. The van der Waals surface area contributed by atoms with Crippen molar-refractivity contribution in [1.29, 1.82) is 5.26 Å². The van der Waals surface area contributed by atoms with Crippen LogP contribution < -0.4 is 10.1 Å². The number of benzene rings is 3. The van der Waals surface area contributed by atoms with Crippen molar-refractivity contribution in [3.8, 4) is 11.8 Å². The minimum atomic E-state index is 0.243. The fraction of sp³-hybridized carbons (Fsp3) is 0.296. The first kappa shape index (κ1) is 22.0. The molecule has 5 nitrogen and oxygen atoms in total. The topological polar surface area (TPSA) is 57.5 Å². The molecule has 0 spiro atoms. The zero-order chi connectivity index (χ0) is 22.0. The van der Waals surface area contributed by atoms with E-state index in [1.165, 1.54) is 11.1 Å². The van der Waals surface area contributed by atoms with Crippen molar-refractivity contribution in [3.05, 3.63) is 101 Å². The van der Waals surface area contributed by atoms with Crippen LogP contribution in [0.4, 0.5) is 0 Å². The first-order valence-electron chi connectivity index (χ1n) is 11.1. The van der Waals surface area contributed by atoms with E-state index >= 15 is 0 Å². The number of morpholine rings is 1. The molecular formula is C27H29N3O2. The summed E-state index contributed by atoms with van der Waals surface area (Å²) in [5.41, 5.74) is 4.11. The van der Waals surface area contributed by atoms with Crippen LogP contribution in [0.5, 0.6) is 5.75 Å². The second-order valence-electron chi connectivity index (χ2n) is 8.01. The molecule has 0 amide bonds. The van der Waals surface area contributed by atoms with E-state index in [1.54, 1.807) is 6.07 Å². The van der Waals surface area contributed by atoms with Crippen LogP contribution in [-0.4, -0.2) is 37.7 Å². The molecule has 32 heavy (non-hydrogen) atoms. The maximum atomic E-state index is 9.07. The van der Waals surface area contributed by atoms with Gasteiger partial charge in [0.2, 0.25) is 0 Å². The molecule has 0 saturated carbocycles. The molecule has 3 aromatic rings. The highest BCUT2D eigenvalue weighted by Crippen LogP contribution is 2.19. The molecule has 0 radical (unpaired) electrons. The van der Waals surface area contributed by atoms with Crippen molar-refractivity contribution in [2.45, 2.75) is 19.2 Å². The summed E-state index contributed by atoms with van der Waals surface area (Å²) in [7, 11) is 0. The van der Waals surface area contributed by atoms with Crippen molar-refractivity contribution in [3.63, 3.8) is 0 Å². The molecule has 1 fully saturated rings. The lowest BCUT2D eigenvalue weighted by atomic mass is 10.1. The number of ether oxygens (including phenoxy) is 2. The molecule has 1 heterocycles. The van der Waals surface area contributed by atoms with Gasteiger partial charge in [0.25, 0.3) is 0 Å². The summed E-state index contributed by atoms with van der Waals surface area (Å²) < 4.78 is 11.5. The number of nitrogens with zero attached hydrogens (tertiary/aromatic N) is 2. The number of hydrogen-bond acceptors (Lipinski definition) is 5. The van der Waals surface area contributed by atoms with E-state index in [2.05, 4.69) is 58.8 Å². The summed E-state index contributed by atoms with van der Waals surface area (Å²) in [6.45, 7) is 5.71. The van der Waals surface area contributed by atoms with Crippen LogP contribution in [0.2, 0.25) is 0 Å². The minimum absolute atomic E-state index is 0.243. The SMILES string of the molecule is N#Cc1cccc(COc2cccc(CNC(CN3CCOCC3)c3ccccc3)c2)c1. The minimum Gasteiger partial charge on any atom is -0.489 e. The van der Waals surface area contributed by atoms with Crippen LogP contribution in [0.3, 0.4) is 0 Å². The Morgan fingerprint density at radius 2 is 1.72 bits per heavy atom. The Labute approximate surface area is 190 Å². The number of hydrogen-bond donors (Lipinski definition) is 1. The first-order valence-corrected chi connectivity index (χ1v) is 11.1. The predicted molar refractivity (Wildman–Crippen MR) is 125 cm³/mol. The summed E-state index contributed by atoms with van der Waals surface area (Å²) in [5.74, 6) is 0.830. The molecule has 1 aliphatic rings. The third-order valence-corrected chi connectivity index (χ3v) is 5.66. The third-order valence-electron chi connectivity index (χ3n) is 5.66. The summed E-state index contributed by atoms with van der Waals surface area (Å²) >= 11 is 0. The maximum Gasteiger partial charge on any atom is 0.120 e. The number of nitriles is 1. The second-order valence-corrected chi connectivity index (χ2v) is 8.01. The monoisotopic (exact) mass is 427 g/mol. The van der Waals surface area contributed by atoms with Gasteiger partial charge in [0.15, 0.2) is 0 Å².